The van der Waals surface area contributed by atoms with Crippen molar-refractivity contribution in [1.29, 1.82) is 0 Å². The third kappa shape index (κ3) is 3.39. The first-order chi connectivity index (χ1) is 8.58. The highest BCUT2D eigenvalue weighted by atomic mass is 32.1. The van der Waals surface area contributed by atoms with Crippen molar-refractivity contribution in [3.05, 3.63) is 0 Å². The Kier molecular flexibility index (Phi) is 4.13. The molecule has 0 aromatic carbocycles. The van der Waals surface area contributed by atoms with Gasteiger partial charge >= 0.3 is 11.8 Å². The van der Waals surface area contributed by atoms with Crippen LogP contribution < -0.4 is 16.4 Å². The van der Waals surface area contributed by atoms with Crippen molar-refractivity contribution in [2.24, 2.45) is 11.7 Å². The lowest BCUT2D eigenvalue weighted by Crippen LogP contribution is -2.49. The SMILES string of the molecule is NC(=S)CNC(=O)C(=O)NC1CCOC1C1CC1. The molecule has 1 aliphatic carbocycles. The van der Waals surface area contributed by atoms with Gasteiger partial charge in [0, 0.05) is 6.61 Å². The zero-order valence-electron chi connectivity index (χ0n) is 9.98. The summed E-state index contributed by atoms with van der Waals surface area (Å²) in [5, 5.41) is 5.07. The lowest BCUT2D eigenvalue weighted by Gasteiger charge is -2.19. The summed E-state index contributed by atoms with van der Waals surface area (Å²) in [6.07, 6.45) is 3.11. The summed E-state index contributed by atoms with van der Waals surface area (Å²) >= 11 is 4.62. The Morgan fingerprint density at radius 3 is 2.61 bits per heavy atom. The number of thiocarbonyl (C=S) groups is 1. The molecule has 2 fully saturated rings. The first kappa shape index (κ1) is 13.2. The standard InChI is InChI=1S/C11H17N3O3S/c12-8(18)5-13-10(15)11(16)14-7-3-4-17-9(7)6-1-2-6/h6-7,9H,1-5H2,(H2,12,18)(H,13,15)(H,14,16). The Morgan fingerprint density at radius 2 is 2.00 bits per heavy atom. The lowest BCUT2D eigenvalue weighted by atomic mass is 10.1. The van der Waals surface area contributed by atoms with Crippen LogP contribution in [0.5, 0.6) is 0 Å². The summed E-state index contributed by atoms with van der Waals surface area (Å²) in [6.45, 7) is 0.676. The monoisotopic (exact) mass is 271 g/mol. The average Bonchev–Trinajstić information content (AvgIpc) is 3.07. The van der Waals surface area contributed by atoms with Gasteiger partial charge in [-0.05, 0) is 25.2 Å². The zero-order chi connectivity index (χ0) is 13.1. The van der Waals surface area contributed by atoms with Gasteiger partial charge in [-0.1, -0.05) is 12.2 Å². The van der Waals surface area contributed by atoms with E-state index in [0.717, 1.165) is 19.3 Å². The van der Waals surface area contributed by atoms with E-state index in [-0.39, 0.29) is 23.7 Å². The minimum absolute atomic E-state index is 0.0365. The summed E-state index contributed by atoms with van der Waals surface area (Å²) < 4.78 is 5.58. The van der Waals surface area contributed by atoms with E-state index >= 15 is 0 Å². The minimum atomic E-state index is -0.704. The predicted octanol–water partition coefficient (Wildman–Crippen LogP) is -0.928. The molecule has 1 aliphatic heterocycles. The van der Waals surface area contributed by atoms with Crippen LogP contribution in [-0.2, 0) is 14.3 Å². The molecular formula is C11H17N3O3S. The lowest BCUT2D eigenvalue weighted by molar-refractivity contribution is -0.139. The van der Waals surface area contributed by atoms with Crippen molar-refractivity contribution in [2.75, 3.05) is 13.2 Å². The van der Waals surface area contributed by atoms with Gasteiger partial charge in [0.05, 0.1) is 23.7 Å². The van der Waals surface area contributed by atoms with Gasteiger partial charge in [0.1, 0.15) is 0 Å². The van der Waals surface area contributed by atoms with Crippen LogP contribution in [0.15, 0.2) is 0 Å². The van der Waals surface area contributed by atoms with Crippen LogP contribution in [-0.4, -0.2) is 42.1 Å². The molecule has 100 valence electrons. The molecule has 1 saturated heterocycles. The normalized spacial score (nSPS) is 26.7. The Morgan fingerprint density at radius 1 is 1.28 bits per heavy atom. The third-order valence-electron chi connectivity index (χ3n) is 3.17. The van der Waals surface area contributed by atoms with Crippen molar-refractivity contribution in [3.8, 4) is 0 Å². The molecule has 0 aromatic rings. The van der Waals surface area contributed by atoms with Crippen LogP contribution in [0.4, 0.5) is 0 Å². The minimum Gasteiger partial charge on any atom is -0.392 e. The van der Waals surface area contributed by atoms with Crippen LogP contribution in [0.1, 0.15) is 19.3 Å². The van der Waals surface area contributed by atoms with Gasteiger partial charge in [0.15, 0.2) is 0 Å². The summed E-state index contributed by atoms with van der Waals surface area (Å²) in [6, 6.07) is -0.0550. The Balaban J connectivity index is 1.79. The van der Waals surface area contributed by atoms with Crippen molar-refractivity contribution in [3.63, 3.8) is 0 Å². The topological polar surface area (TPSA) is 93.5 Å². The second kappa shape index (κ2) is 5.62. The van der Waals surface area contributed by atoms with E-state index in [0.29, 0.717) is 12.5 Å². The number of hydrogen-bond acceptors (Lipinski definition) is 4. The molecule has 2 aliphatic rings. The van der Waals surface area contributed by atoms with Crippen molar-refractivity contribution in [1.82, 2.24) is 10.6 Å². The highest BCUT2D eigenvalue weighted by Crippen LogP contribution is 2.38. The highest BCUT2D eigenvalue weighted by molar-refractivity contribution is 7.80. The number of nitrogens with one attached hydrogen (secondary N) is 2. The fraction of sp³-hybridized carbons (Fsp3) is 0.727. The maximum Gasteiger partial charge on any atom is 0.309 e. The smallest absolute Gasteiger partial charge is 0.309 e. The Labute approximate surface area is 111 Å². The number of rotatable bonds is 4. The predicted molar refractivity (Wildman–Crippen MR) is 68.8 cm³/mol. The zero-order valence-corrected chi connectivity index (χ0v) is 10.8. The second-order valence-corrected chi connectivity index (χ2v) is 5.21. The van der Waals surface area contributed by atoms with E-state index in [1.165, 1.54) is 0 Å². The van der Waals surface area contributed by atoms with E-state index < -0.39 is 11.8 Å². The molecule has 7 heteroatoms. The number of nitrogens with two attached hydrogens (primary N) is 1. The van der Waals surface area contributed by atoms with Crippen LogP contribution in [0.25, 0.3) is 0 Å². The third-order valence-corrected chi connectivity index (χ3v) is 3.31. The van der Waals surface area contributed by atoms with E-state index in [1.54, 1.807) is 0 Å². The van der Waals surface area contributed by atoms with E-state index in [1.807, 2.05) is 0 Å². The number of hydrogen-bond donors (Lipinski definition) is 3. The largest absolute Gasteiger partial charge is 0.392 e. The number of ether oxygens (including phenoxy) is 1. The van der Waals surface area contributed by atoms with Gasteiger partial charge < -0.3 is 21.1 Å². The number of carbonyl (C=O) groups is 2. The first-order valence-electron chi connectivity index (χ1n) is 6.06. The van der Waals surface area contributed by atoms with Crippen molar-refractivity contribution < 1.29 is 14.3 Å². The molecule has 18 heavy (non-hydrogen) atoms. The molecular weight excluding hydrogens is 254 g/mol. The van der Waals surface area contributed by atoms with Gasteiger partial charge in [-0.2, -0.15) is 0 Å². The summed E-state index contributed by atoms with van der Waals surface area (Å²) in [4.78, 5) is 23.2. The molecule has 1 heterocycles. The fourth-order valence-corrected chi connectivity index (χ4v) is 2.21. The molecule has 4 N–H and O–H groups in total. The van der Waals surface area contributed by atoms with E-state index in [4.69, 9.17) is 10.5 Å². The highest BCUT2D eigenvalue weighted by Gasteiger charge is 2.41. The number of carbonyl (C=O) groups excluding carboxylic acids is 2. The fourth-order valence-electron chi connectivity index (χ4n) is 2.14. The van der Waals surface area contributed by atoms with Gasteiger partial charge in [0.2, 0.25) is 0 Å². The molecule has 0 bridgehead atoms. The molecule has 1 saturated carbocycles. The van der Waals surface area contributed by atoms with Crippen LogP contribution in [0.3, 0.4) is 0 Å². The Hall–Kier alpha value is -1.21. The summed E-state index contributed by atoms with van der Waals surface area (Å²) in [7, 11) is 0. The molecule has 6 nitrogen and oxygen atoms in total. The van der Waals surface area contributed by atoms with Gasteiger partial charge in [0.25, 0.3) is 0 Å². The molecule has 0 spiro atoms. The van der Waals surface area contributed by atoms with E-state index in [9.17, 15) is 9.59 Å². The summed E-state index contributed by atoms with van der Waals surface area (Å²) in [5.74, 6) is -0.811. The van der Waals surface area contributed by atoms with Gasteiger partial charge in [-0.15, -0.1) is 0 Å². The first-order valence-corrected chi connectivity index (χ1v) is 6.47. The van der Waals surface area contributed by atoms with Gasteiger partial charge in [-0.25, -0.2) is 0 Å². The average molecular weight is 271 g/mol. The van der Waals surface area contributed by atoms with Crippen molar-refractivity contribution >= 4 is 29.0 Å². The van der Waals surface area contributed by atoms with Crippen LogP contribution >= 0.6 is 12.2 Å². The maximum atomic E-state index is 11.6. The molecule has 0 aromatic heterocycles. The Bertz CT molecular complexity index is 371. The van der Waals surface area contributed by atoms with E-state index in [2.05, 4.69) is 22.9 Å². The molecule has 2 unspecified atom stereocenters. The molecule has 2 rings (SSSR count). The summed E-state index contributed by atoms with van der Waals surface area (Å²) in [5.41, 5.74) is 5.24. The quantitative estimate of drug-likeness (QED) is 0.454. The molecule has 2 atom stereocenters. The maximum absolute atomic E-state index is 11.6. The second-order valence-electron chi connectivity index (χ2n) is 4.69. The number of amides is 2. The molecule has 0 radical (unpaired) electrons. The molecule has 2 amide bonds. The van der Waals surface area contributed by atoms with Crippen LogP contribution in [0.2, 0.25) is 0 Å². The van der Waals surface area contributed by atoms with Crippen molar-refractivity contribution in [2.45, 2.75) is 31.4 Å². The van der Waals surface area contributed by atoms with Gasteiger partial charge in [-0.3, -0.25) is 9.59 Å². The van der Waals surface area contributed by atoms with Crippen LogP contribution in [0, 0.1) is 5.92 Å².